The summed E-state index contributed by atoms with van der Waals surface area (Å²) in [6, 6.07) is 0.460. The van der Waals surface area contributed by atoms with Crippen molar-refractivity contribution in [3.05, 3.63) is 0 Å². The molecule has 1 unspecified atom stereocenters. The van der Waals surface area contributed by atoms with Gasteiger partial charge in [0.2, 0.25) is 0 Å². The first kappa shape index (κ1) is 27.5. The number of hydrogen-bond donors (Lipinski definition) is 2. The summed E-state index contributed by atoms with van der Waals surface area (Å²) in [5, 5.41) is 12.3. The zero-order valence-corrected chi connectivity index (χ0v) is 20.4. The van der Waals surface area contributed by atoms with E-state index in [1.807, 2.05) is 0 Å². The Kier molecular flexibility index (Phi) is 19.8. The van der Waals surface area contributed by atoms with Crippen LogP contribution in [-0.4, -0.2) is 30.1 Å². The van der Waals surface area contributed by atoms with Crippen molar-refractivity contribution in [1.82, 2.24) is 5.32 Å². The number of nitrogens with one attached hydrogen (secondary N) is 1. The van der Waals surface area contributed by atoms with Crippen molar-refractivity contribution in [3.8, 4) is 0 Å². The van der Waals surface area contributed by atoms with Gasteiger partial charge in [-0.2, -0.15) is 0 Å². The van der Waals surface area contributed by atoms with Crippen molar-refractivity contribution in [3.63, 3.8) is 0 Å². The van der Waals surface area contributed by atoms with E-state index in [0.29, 0.717) is 12.5 Å². The maximum atomic E-state index is 8.94. The Balaban J connectivity index is 1.69. The van der Waals surface area contributed by atoms with Crippen molar-refractivity contribution in [1.29, 1.82) is 0 Å². The lowest BCUT2D eigenvalue weighted by Gasteiger charge is -2.06. The summed E-state index contributed by atoms with van der Waals surface area (Å²) in [7, 11) is 0. The fourth-order valence-electron chi connectivity index (χ4n) is 4.61. The number of rotatable bonds is 23. The lowest BCUT2D eigenvalue weighted by atomic mass is 10.0. The van der Waals surface area contributed by atoms with Gasteiger partial charge < -0.3 is 10.4 Å². The molecule has 0 fully saturated rings. The standard InChI is InChI=1S/C27H54N2O/c1-2-3-4-5-6-7-8-9-10-11-12-13-14-15-16-17-18-19-20-21-22-26-25-28-27(29-26)23-24-30/h26,30H,2-25H2,1H3,(H,28,29). The molecule has 0 radical (unpaired) electrons. The molecular weight excluding hydrogens is 368 g/mol. The average molecular weight is 423 g/mol. The number of aliphatic hydroxyl groups excluding tert-OH is 1. The van der Waals surface area contributed by atoms with E-state index in [9.17, 15) is 0 Å². The SMILES string of the molecule is CCCCCCCCCCCCCCCCCCCCCCC1CNC(CCO)=N1. The summed E-state index contributed by atoms with van der Waals surface area (Å²) in [6.07, 6.45) is 30.7. The number of unbranched alkanes of at least 4 members (excludes halogenated alkanes) is 19. The molecule has 0 amide bonds. The van der Waals surface area contributed by atoms with Gasteiger partial charge in [-0.1, -0.05) is 135 Å². The fraction of sp³-hybridized carbons (Fsp3) is 0.963. The number of aliphatic hydroxyl groups is 1. The van der Waals surface area contributed by atoms with Crippen LogP contribution in [0.3, 0.4) is 0 Å². The van der Waals surface area contributed by atoms with E-state index in [1.165, 1.54) is 135 Å². The number of hydrogen-bond acceptors (Lipinski definition) is 3. The summed E-state index contributed by atoms with van der Waals surface area (Å²) >= 11 is 0. The Morgan fingerprint density at radius 1 is 0.667 bits per heavy atom. The second-order valence-electron chi connectivity index (χ2n) is 9.59. The molecule has 30 heavy (non-hydrogen) atoms. The van der Waals surface area contributed by atoms with Crippen molar-refractivity contribution in [2.45, 2.75) is 154 Å². The lowest BCUT2D eigenvalue weighted by molar-refractivity contribution is 0.306. The summed E-state index contributed by atoms with van der Waals surface area (Å²) in [6.45, 7) is 3.48. The smallest absolute Gasteiger partial charge is 0.0991 e. The third-order valence-electron chi connectivity index (χ3n) is 6.62. The second kappa shape index (κ2) is 21.7. The van der Waals surface area contributed by atoms with Crippen molar-refractivity contribution in [2.24, 2.45) is 4.99 Å². The van der Waals surface area contributed by atoms with Crippen molar-refractivity contribution >= 4 is 5.84 Å². The van der Waals surface area contributed by atoms with Crippen LogP contribution in [0.5, 0.6) is 0 Å². The molecule has 0 saturated heterocycles. The largest absolute Gasteiger partial charge is 0.396 e. The molecular formula is C27H54N2O. The first-order valence-corrected chi connectivity index (χ1v) is 13.8. The predicted molar refractivity (Wildman–Crippen MR) is 134 cm³/mol. The van der Waals surface area contributed by atoms with Crippen LogP contribution >= 0.6 is 0 Å². The van der Waals surface area contributed by atoms with Gasteiger partial charge >= 0.3 is 0 Å². The Morgan fingerprint density at radius 2 is 1.07 bits per heavy atom. The number of nitrogens with zero attached hydrogens (tertiary/aromatic N) is 1. The first-order valence-electron chi connectivity index (χ1n) is 13.8. The van der Waals surface area contributed by atoms with Crippen LogP contribution in [0.15, 0.2) is 4.99 Å². The summed E-state index contributed by atoms with van der Waals surface area (Å²) in [5.41, 5.74) is 0. The molecule has 3 nitrogen and oxygen atoms in total. The van der Waals surface area contributed by atoms with Gasteiger partial charge in [0.05, 0.1) is 18.5 Å². The maximum Gasteiger partial charge on any atom is 0.0991 e. The molecule has 0 aromatic carbocycles. The quantitative estimate of drug-likeness (QED) is 0.164. The minimum Gasteiger partial charge on any atom is -0.396 e. The van der Waals surface area contributed by atoms with Crippen LogP contribution in [0.25, 0.3) is 0 Å². The van der Waals surface area contributed by atoms with E-state index in [0.717, 1.165) is 12.4 Å². The normalized spacial score (nSPS) is 16.1. The molecule has 0 aromatic rings. The molecule has 1 rings (SSSR count). The molecule has 3 heteroatoms. The van der Waals surface area contributed by atoms with Gasteiger partial charge in [-0.05, 0) is 6.42 Å². The zero-order valence-electron chi connectivity index (χ0n) is 20.4. The van der Waals surface area contributed by atoms with Gasteiger partial charge in [0, 0.05) is 13.0 Å². The fourth-order valence-corrected chi connectivity index (χ4v) is 4.61. The first-order chi connectivity index (χ1) is 14.9. The highest BCUT2D eigenvalue weighted by Crippen LogP contribution is 2.16. The Morgan fingerprint density at radius 3 is 1.47 bits per heavy atom. The molecule has 1 heterocycles. The van der Waals surface area contributed by atoms with E-state index in [4.69, 9.17) is 5.11 Å². The molecule has 2 N–H and O–H groups in total. The van der Waals surface area contributed by atoms with Crippen LogP contribution < -0.4 is 5.32 Å². The molecule has 0 spiro atoms. The number of aliphatic imine (C=N–C) groups is 1. The molecule has 0 bridgehead atoms. The van der Waals surface area contributed by atoms with E-state index in [1.54, 1.807) is 0 Å². The van der Waals surface area contributed by atoms with Gasteiger partial charge in [0.1, 0.15) is 0 Å². The van der Waals surface area contributed by atoms with Crippen LogP contribution in [0, 0.1) is 0 Å². The van der Waals surface area contributed by atoms with Crippen LogP contribution in [0.2, 0.25) is 0 Å². The van der Waals surface area contributed by atoms with Gasteiger partial charge in [-0.3, -0.25) is 4.99 Å². The van der Waals surface area contributed by atoms with Gasteiger partial charge in [0.25, 0.3) is 0 Å². The minimum atomic E-state index is 0.206. The van der Waals surface area contributed by atoms with Gasteiger partial charge in [0.15, 0.2) is 0 Å². The van der Waals surface area contributed by atoms with E-state index >= 15 is 0 Å². The zero-order chi connectivity index (χ0) is 21.5. The Labute approximate surface area is 188 Å². The molecule has 1 aliphatic heterocycles. The third kappa shape index (κ3) is 17.1. The van der Waals surface area contributed by atoms with E-state index in [-0.39, 0.29) is 6.61 Å². The third-order valence-corrected chi connectivity index (χ3v) is 6.62. The van der Waals surface area contributed by atoms with Gasteiger partial charge in [-0.25, -0.2) is 0 Å². The second-order valence-corrected chi connectivity index (χ2v) is 9.59. The van der Waals surface area contributed by atoms with Crippen LogP contribution in [-0.2, 0) is 0 Å². The molecule has 0 saturated carbocycles. The Bertz CT molecular complexity index is 383. The lowest BCUT2D eigenvalue weighted by Crippen LogP contribution is -2.21. The summed E-state index contributed by atoms with van der Waals surface area (Å²) < 4.78 is 0. The number of amidine groups is 1. The molecule has 178 valence electrons. The monoisotopic (exact) mass is 422 g/mol. The van der Waals surface area contributed by atoms with Crippen molar-refractivity contribution < 1.29 is 5.11 Å². The molecule has 0 aromatic heterocycles. The highest BCUT2D eigenvalue weighted by atomic mass is 16.3. The van der Waals surface area contributed by atoms with Gasteiger partial charge in [-0.15, -0.1) is 0 Å². The minimum absolute atomic E-state index is 0.206. The topological polar surface area (TPSA) is 44.6 Å². The highest BCUT2D eigenvalue weighted by Gasteiger charge is 2.15. The molecule has 1 atom stereocenters. The van der Waals surface area contributed by atoms with E-state index in [2.05, 4.69) is 17.2 Å². The average Bonchev–Trinajstić information content (AvgIpc) is 3.20. The predicted octanol–water partition coefficient (Wildman–Crippen LogP) is 7.95. The van der Waals surface area contributed by atoms with Crippen LogP contribution in [0.1, 0.15) is 148 Å². The maximum absolute atomic E-state index is 8.94. The van der Waals surface area contributed by atoms with E-state index < -0.39 is 0 Å². The highest BCUT2D eigenvalue weighted by molar-refractivity contribution is 5.83. The molecule has 0 aliphatic carbocycles. The summed E-state index contributed by atoms with van der Waals surface area (Å²) in [5.74, 6) is 1.01. The molecule has 1 aliphatic rings. The van der Waals surface area contributed by atoms with Crippen molar-refractivity contribution in [2.75, 3.05) is 13.2 Å². The Hall–Kier alpha value is -0.570. The van der Waals surface area contributed by atoms with Crippen LogP contribution in [0.4, 0.5) is 0 Å². The summed E-state index contributed by atoms with van der Waals surface area (Å²) in [4.78, 5) is 4.64.